The second-order valence-electron chi connectivity index (χ2n) is 5.60. The van der Waals surface area contributed by atoms with Gasteiger partial charge in [-0.25, -0.2) is 4.68 Å². The van der Waals surface area contributed by atoms with Gasteiger partial charge in [-0.3, -0.25) is 4.79 Å². The van der Waals surface area contributed by atoms with Gasteiger partial charge in [0.1, 0.15) is 0 Å². The smallest absolute Gasteiger partial charge is 0.267 e. The second-order valence-corrected chi connectivity index (χ2v) is 5.60. The summed E-state index contributed by atoms with van der Waals surface area (Å²) in [7, 11) is 3.27. The first-order chi connectivity index (χ1) is 10.7. The Morgan fingerprint density at radius 1 is 1.14 bits per heavy atom. The molecule has 1 heterocycles. The number of nitrogens with zero attached hydrogens (tertiary/aromatic N) is 2. The van der Waals surface area contributed by atoms with Crippen molar-refractivity contribution < 1.29 is 9.47 Å². The maximum Gasteiger partial charge on any atom is 0.267 e. The third-order valence-electron chi connectivity index (χ3n) is 4.06. The molecule has 1 aromatic heterocycles. The quantitative estimate of drug-likeness (QED) is 0.871. The van der Waals surface area contributed by atoms with Gasteiger partial charge >= 0.3 is 0 Å². The van der Waals surface area contributed by atoms with Gasteiger partial charge in [0.2, 0.25) is 0 Å². The van der Waals surface area contributed by atoms with Crippen LogP contribution in [0.2, 0.25) is 0 Å². The van der Waals surface area contributed by atoms with E-state index in [-0.39, 0.29) is 11.7 Å². The first kappa shape index (κ1) is 14.6. The van der Waals surface area contributed by atoms with Crippen LogP contribution in [0.1, 0.15) is 25.7 Å². The van der Waals surface area contributed by atoms with E-state index < -0.39 is 0 Å². The van der Waals surface area contributed by atoms with Gasteiger partial charge in [-0.1, -0.05) is 6.07 Å². The molecule has 0 aliphatic heterocycles. The molecule has 1 saturated carbocycles. The summed E-state index contributed by atoms with van der Waals surface area (Å²) >= 11 is 0. The number of aryl methyl sites for hydroxylation is 1. The minimum Gasteiger partial charge on any atom is -0.493 e. The van der Waals surface area contributed by atoms with Crippen molar-refractivity contribution in [1.82, 2.24) is 9.78 Å². The lowest BCUT2D eigenvalue weighted by Crippen LogP contribution is -2.17. The first-order valence-electron chi connectivity index (χ1n) is 7.56. The van der Waals surface area contributed by atoms with E-state index in [1.54, 1.807) is 26.4 Å². The molecule has 1 aliphatic rings. The van der Waals surface area contributed by atoms with Crippen LogP contribution in [-0.4, -0.2) is 23.0 Å². The van der Waals surface area contributed by atoms with Gasteiger partial charge in [0.15, 0.2) is 11.5 Å². The molecule has 5 nitrogen and oxygen atoms in total. The van der Waals surface area contributed by atoms with E-state index in [1.807, 2.05) is 18.2 Å². The second kappa shape index (κ2) is 6.22. The molecule has 0 radical (unpaired) electrons. The Labute approximate surface area is 129 Å². The highest BCUT2D eigenvalue weighted by molar-refractivity contribution is 5.66. The lowest BCUT2D eigenvalue weighted by atomic mass is 10.1. The van der Waals surface area contributed by atoms with Crippen LogP contribution >= 0.6 is 0 Å². The summed E-state index contributed by atoms with van der Waals surface area (Å²) in [6.45, 7) is 0. The van der Waals surface area contributed by atoms with E-state index in [4.69, 9.17) is 9.47 Å². The van der Waals surface area contributed by atoms with E-state index in [0.717, 1.165) is 29.7 Å². The summed E-state index contributed by atoms with van der Waals surface area (Å²) in [4.78, 5) is 11.7. The van der Waals surface area contributed by atoms with Crippen LogP contribution in [0.3, 0.4) is 0 Å². The summed E-state index contributed by atoms with van der Waals surface area (Å²) in [6.07, 6.45) is 6.53. The lowest BCUT2D eigenvalue weighted by molar-refractivity contribution is 0.201. The largest absolute Gasteiger partial charge is 0.493 e. The van der Waals surface area contributed by atoms with Crippen LogP contribution in [0.15, 0.2) is 35.3 Å². The van der Waals surface area contributed by atoms with Crippen molar-refractivity contribution in [3.63, 3.8) is 0 Å². The predicted octanol–water partition coefficient (Wildman–Crippen LogP) is 2.78. The maximum absolute atomic E-state index is 11.7. The average molecular weight is 300 g/mol. The highest BCUT2D eigenvalue weighted by atomic mass is 16.5. The monoisotopic (exact) mass is 300 g/mol. The van der Waals surface area contributed by atoms with Gasteiger partial charge in [-0.05, 0) is 43.4 Å². The Kier molecular flexibility index (Phi) is 4.13. The van der Waals surface area contributed by atoms with E-state index in [1.165, 1.54) is 17.5 Å². The Morgan fingerprint density at radius 2 is 1.91 bits per heavy atom. The van der Waals surface area contributed by atoms with Crippen molar-refractivity contribution in [1.29, 1.82) is 0 Å². The van der Waals surface area contributed by atoms with Crippen LogP contribution in [0.25, 0.3) is 11.1 Å². The molecular weight excluding hydrogens is 280 g/mol. The Hall–Kier alpha value is -2.30. The molecule has 116 valence electrons. The van der Waals surface area contributed by atoms with E-state index >= 15 is 0 Å². The molecule has 1 aliphatic carbocycles. The SMILES string of the molecule is COc1ccc(-c2cnn(C)c(=O)c2)cc1OC1CCCC1. The fourth-order valence-electron chi connectivity index (χ4n) is 2.76. The highest BCUT2D eigenvalue weighted by Gasteiger charge is 2.19. The lowest BCUT2D eigenvalue weighted by Gasteiger charge is -2.17. The zero-order valence-electron chi connectivity index (χ0n) is 12.9. The zero-order valence-corrected chi connectivity index (χ0v) is 12.9. The molecule has 3 rings (SSSR count). The van der Waals surface area contributed by atoms with Crippen LogP contribution in [0.5, 0.6) is 11.5 Å². The standard InChI is InChI=1S/C17H20N2O3/c1-19-17(20)10-13(11-18-19)12-7-8-15(21-2)16(9-12)22-14-5-3-4-6-14/h7-11,14H,3-6H2,1-2H3. The fourth-order valence-corrected chi connectivity index (χ4v) is 2.76. The minimum absolute atomic E-state index is 0.133. The molecule has 0 bridgehead atoms. The molecule has 0 amide bonds. The third-order valence-corrected chi connectivity index (χ3v) is 4.06. The number of ether oxygens (including phenoxy) is 2. The van der Waals surface area contributed by atoms with Crippen molar-refractivity contribution in [2.24, 2.45) is 7.05 Å². The number of hydrogen-bond acceptors (Lipinski definition) is 4. The van der Waals surface area contributed by atoms with E-state index in [0.29, 0.717) is 5.75 Å². The first-order valence-corrected chi connectivity index (χ1v) is 7.56. The zero-order chi connectivity index (χ0) is 15.5. The van der Waals surface area contributed by atoms with Crippen molar-refractivity contribution in [2.45, 2.75) is 31.8 Å². The Bertz CT molecular complexity index is 718. The normalized spacial score (nSPS) is 15.0. The predicted molar refractivity (Wildman–Crippen MR) is 84.4 cm³/mol. The molecule has 1 aromatic carbocycles. The van der Waals surface area contributed by atoms with Crippen molar-refractivity contribution in [3.05, 3.63) is 40.8 Å². The summed E-state index contributed by atoms with van der Waals surface area (Å²) in [5, 5.41) is 4.06. The molecule has 1 fully saturated rings. The molecule has 22 heavy (non-hydrogen) atoms. The number of hydrogen-bond donors (Lipinski definition) is 0. The summed E-state index contributed by atoms with van der Waals surface area (Å²) in [5.74, 6) is 1.44. The van der Waals surface area contributed by atoms with E-state index in [2.05, 4.69) is 5.10 Å². The number of benzene rings is 1. The van der Waals surface area contributed by atoms with Gasteiger partial charge < -0.3 is 9.47 Å². The highest BCUT2D eigenvalue weighted by Crippen LogP contribution is 2.35. The molecule has 5 heteroatoms. The van der Waals surface area contributed by atoms with Gasteiger partial charge in [-0.2, -0.15) is 5.10 Å². The fraction of sp³-hybridized carbons (Fsp3) is 0.412. The van der Waals surface area contributed by atoms with Gasteiger partial charge in [0.25, 0.3) is 5.56 Å². The maximum atomic E-state index is 11.7. The van der Waals surface area contributed by atoms with Crippen LogP contribution in [0, 0.1) is 0 Å². The topological polar surface area (TPSA) is 53.4 Å². The van der Waals surface area contributed by atoms with E-state index in [9.17, 15) is 4.79 Å². The molecule has 2 aromatic rings. The molecule has 0 N–H and O–H groups in total. The molecule has 0 spiro atoms. The molecule has 0 atom stereocenters. The summed E-state index contributed by atoms with van der Waals surface area (Å²) in [5.41, 5.74) is 1.55. The van der Waals surface area contributed by atoms with Crippen LogP contribution in [0.4, 0.5) is 0 Å². The Balaban J connectivity index is 1.94. The number of methoxy groups -OCH3 is 1. The van der Waals surface area contributed by atoms with Gasteiger partial charge in [-0.15, -0.1) is 0 Å². The van der Waals surface area contributed by atoms with Crippen molar-refractivity contribution in [2.75, 3.05) is 7.11 Å². The van der Waals surface area contributed by atoms with Crippen LogP contribution < -0.4 is 15.0 Å². The Morgan fingerprint density at radius 3 is 2.59 bits per heavy atom. The third kappa shape index (κ3) is 2.98. The molecule has 0 saturated heterocycles. The summed E-state index contributed by atoms with van der Waals surface area (Å²) < 4.78 is 12.8. The summed E-state index contributed by atoms with van der Waals surface area (Å²) in [6, 6.07) is 7.29. The van der Waals surface area contributed by atoms with Crippen molar-refractivity contribution >= 4 is 0 Å². The van der Waals surface area contributed by atoms with Crippen molar-refractivity contribution in [3.8, 4) is 22.6 Å². The molecule has 0 unspecified atom stereocenters. The number of rotatable bonds is 4. The number of aromatic nitrogens is 2. The molecular formula is C17H20N2O3. The van der Waals surface area contributed by atoms with Crippen LogP contribution in [-0.2, 0) is 7.05 Å². The minimum atomic E-state index is -0.133. The van der Waals surface area contributed by atoms with Gasteiger partial charge in [0, 0.05) is 18.7 Å². The average Bonchev–Trinajstić information content (AvgIpc) is 3.03. The van der Waals surface area contributed by atoms with Gasteiger partial charge in [0.05, 0.1) is 19.4 Å².